The number of halogens is 1. The minimum atomic E-state index is -0.118. The van der Waals surface area contributed by atoms with Crippen molar-refractivity contribution in [2.45, 2.75) is 46.1 Å². The zero-order valence-electron chi connectivity index (χ0n) is 18.1. The smallest absolute Gasteiger partial charge is 0.238 e. The molecule has 2 fully saturated rings. The van der Waals surface area contributed by atoms with Gasteiger partial charge in [-0.2, -0.15) is 5.10 Å². The summed E-state index contributed by atoms with van der Waals surface area (Å²) in [5.41, 5.74) is 2.65. The van der Waals surface area contributed by atoms with E-state index < -0.39 is 0 Å². The summed E-state index contributed by atoms with van der Waals surface area (Å²) in [4.78, 5) is 32.7. The maximum atomic E-state index is 13.0. The zero-order chi connectivity index (χ0) is 22.4. The maximum absolute atomic E-state index is 13.0. The van der Waals surface area contributed by atoms with Crippen LogP contribution >= 0.6 is 22.9 Å². The SMILES string of the molecule is CC(C)Cn1cc(-c2ccnc(N(C(=O)C3CC3)C(=O)C3CC3)c2)c(-c2ccc(Cl)s2)n1. The van der Waals surface area contributed by atoms with Crippen molar-refractivity contribution >= 4 is 40.6 Å². The Morgan fingerprint density at radius 1 is 1.16 bits per heavy atom. The predicted octanol–water partition coefficient (Wildman–Crippen LogP) is 5.66. The highest BCUT2D eigenvalue weighted by Gasteiger charge is 2.42. The highest BCUT2D eigenvalue weighted by atomic mass is 35.5. The molecule has 2 amide bonds. The normalized spacial score (nSPS) is 15.9. The van der Waals surface area contributed by atoms with Crippen molar-refractivity contribution in [1.29, 1.82) is 0 Å². The van der Waals surface area contributed by atoms with Gasteiger partial charge in [0, 0.05) is 36.3 Å². The molecule has 166 valence electrons. The molecule has 3 heterocycles. The van der Waals surface area contributed by atoms with Crippen molar-refractivity contribution in [3.63, 3.8) is 0 Å². The second-order valence-electron chi connectivity index (χ2n) is 9.07. The van der Waals surface area contributed by atoms with Crippen LogP contribution in [0, 0.1) is 17.8 Å². The van der Waals surface area contributed by atoms with E-state index in [1.165, 1.54) is 16.2 Å². The number of aromatic nitrogens is 3. The van der Waals surface area contributed by atoms with Crippen LogP contribution in [0.15, 0.2) is 36.7 Å². The van der Waals surface area contributed by atoms with Crippen LogP contribution in [0.2, 0.25) is 4.34 Å². The van der Waals surface area contributed by atoms with Crippen molar-refractivity contribution in [3.8, 4) is 21.7 Å². The number of pyridine rings is 1. The lowest BCUT2D eigenvalue weighted by atomic mass is 10.1. The molecule has 2 saturated carbocycles. The molecule has 0 atom stereocenters. The van der Waals surface area contributed by atoms with Crippen molar-refractivity contribution in [2.24, 2.45) is 17.8 Å². The fourth-order valence-electron chi connectivity index (χ4n) is 3.79. The van der Waals surface area contributed by atoms with Crippen molar-refractivity contribution < 1.29 is 9.59 Å². The third kappa shape index (κ3) is 4.36. The van der Waals surface area contributed by atoms with E-state index in [-0.39, 0.29) is 23.7 Å². The molecule has 0 saturated heterocycles. The molecule has 3 aromatic rings. The minimum absolute atomic E-state index is 0.0548. The Balaban J connectivity index is 1.56. The number of rotatable bonds is 7. The summed E-state index contributed by atoms with van der Waals surface area (Å²) in [6.07, 6.45) is 7.08. The molecule has 0 N–H and O–H groups in total. The van der Waals surface area contributed by atoms with Gasteiger partial charge in [-0.3, -0.25) is 14.3 Å². The Morgan fingerprint density at radius 3 is 2.41 bits per heavy atom. The lowest BCUT2D eigenvalue weighted by Crippen LogP contribution is -2.39. The molecule has 32 heavy (non-hydrogen) atoms. The average molecular weight is 469 g/mol. The Morgan fingerprint density at radius 2 is 1.84 bits per heavy atom. The van der Waals surface area contributed by atoms with Crippen LogP contribution in [-0.2, 0) is 16.1 Å². The Hall–Kier alpha value is -2.51. The third-order valence-corrected chi connectivity index (χ3v) is 6.94. The number of imide groups is 1. The van der Waals surface area contributed by atoms with Gasteiger partial charge in [-0.05, 0) is 61.4 Å². The molecule has 0 bridgehead atoms. The molecule has 6 nitrogen and oxygen atoms in total. The summed E-state index contributed by atoms with van der Waals surface area (Å²) in [6.45, 7) is 5.09. The van der Waals surface area contributed by atoms with Gasteiger partial charge in [0.15, 0.2) is 0 Å². The van der Waals surface area contributed by atoms with E-state index in [4.69, 9.17) is 16.7 Å². The molecule has 5 rings (SSSR count). The first-order chi connectivity index (χ1) is 15.4. The average Bonchev–Trinajstić information content (AvgIpc) is 3.68. The molecule has 2 aliphatic rings. The summed E-state index contributed by atoms with van der Waals surface area (Å²) < 4.78 is 2.65. The lowest BCUT2D eigenvalue weighted by molar-refractivity contribution is -0.127. The third-order valence-electron chi connectivity index (χ3n) is 5.70. The standard InChI is InChI=1S/C24H25ClN4O2S/c1-14(2)12-28-13-18(22(27-28)19-7-8-20(25)32-19)17-9-10-26-21(11-17)29(23(30)15-3-4-15)24(31)16-5-6-16/h7-11,13-16H,3-6,12H2,1-2H3. The molecule has 0 spiro atoms. The summed E-state index contributed by atoms with van der Waals surface area (Å²) in [5, 5.41) is 4.83. The highest BCUT2D eigenvalue weighted by molar-refractivity contribution is 7.19. The molecule has 2 aliphatic carbocycles. The quantitative estimate of drug-likeness (QED) is 0.419. The van der Waals surface area contributed by atoms with Gasteiger partial charge in [0.05, 0.1) is 9.21 Å². The Bertz CT molecular complexity index is 1150. The number of anilines is 1. The summed E-state index contributed by atoms with van der Waals surface area (Å²) in [6, 6.07) is 7.59. The van der Waals surface area contributed by atoms with E-state index in [0.29, 0.717) is 16.1 Å². The second-order valence-corrected chi connectivity index (χ2v) is 10.8. The monoisotopic (exact) mass is 468 g/mol. The van der Waals surface area contributed by atoms with Gasteiger partial charge < -0.3 is 0 Å². The van der Waals surface area contributed by atoms with Crippen LogP contribution in [0.3, 0.4) is 0 Å². The number of nitrogens with zero attached hydrogens (tertiary/aromatic N) is 4. The maximum Gasteiger partial charge on any atom is 0.238 e. The summed E-state index contributed by atoms with van der Waals surface area (Å²) in [7, 11) is 0. The van der Waals surface area contributed by atoms with Crippen LogP contribution in [0.5, 0.6) is 0 Å². The largest absolute Gasteiger partial charge is 0.274 e. The number of carbonyl (C=O) groups is 2. The van der Waals surface area contributed by atoms with Crippen LogP contribution in [-0.4, -0.2) is 26.6 Å². The lowest BCUT2D eigenvalue weighted by Gasteiger charge is -2.20. The molecule has 0 radical (unpaired) electrons. The first-order valence-corrected chi connectivity index (χ1v) is 12.3. The number of hydrogen-bond acceptors (Lipinski definition) is 5. The highest BCUT2D eigenvalue weighted by Crippen LogP contribution is 2.40. The molecular weight excluding hydrogens is 444 g/mol. The second kappa shape index (κ2) is 8.45. The first kappa shape index (κ1) is 21.3. The first-order valence-electron chi connectivity index (χ1n) is 11.1. The van der Waals surface area contributed by atoms with Gasteiger partial charge in [-0.15, -0.1) is 11.3 Å². The van der Waals surface area contributed by atoms with Crippen LogP contribution in [0.25, 0.3) is 21.7 Å². The van der Waals surface area contributed by atoms with E-state index >= 15 is 0 Å². The van der Waals surface area contributed by atoms with E-state index in [1.54, 1.807) is 6.20 Å². The van der Waals surface area contributed by atoms with E-state index in [1.807, 2.05) is 35.1 Å². The van der Waals surface area contributed by atoms with Gasteiger partial charge in [0.25, 0.3) is 0 Å². The van der Waals surface area contributed by atoms with Gasteiger partial charge in [-0.25, -0.2) is 9.88 Å². The van der Waals surface area contributed by atoms with Crippen molar-refractivity contribution in [3.05, 3.63) is 41.0 Å². The zero-order valence-corrected chi connectivity index (χ0v) is 19.7. The fraction of sp³-hybridized carbons (Fsp3) is 0.417. The van der Waals surface area contributed by atoms with Gasteiger partial charge >= 0.3 is 0 Å². The van der Waals surface area contributed by atoms with Crippen molar-refractivity contribution in [2.75, 3.05) is 4.90 Å². The fourth-order valence-corrected chi connectivity index (χ4v) is 4.83. The molecule has 3 aromatic heterocycles. The minimum Gasteiger partial charge on any atom is -0.274 e. The van der Waals surface area contributed by atoms with E-state index in [0.717, 1.165) is 53.9 Å². The molecule has 0 aromatic carbocycles. The van der Waals surface area contributed by atoms with Crippen LogP contribution in [0.1, 0.15) is 39.5 Å². The Labute approximate surface area is 196 Å². The van der Waals surface area contributed by atoms with Gasteiger partial charge in [0.1, 0.15) is 11.5 Å². The predicted molar refractivity (Wildman–Crippen MR) is 127 cm³/mol. The number of hydrogen-bond donors (Lipinski definition) is 0. The van der Waals surface area contributed by atoms with Crippen LogP contribution < -0.4 is 4.90 Å². The van der Waals surface area contributed by atoms with E-state index in [2.05, 4.69) is 18.8 Å². The molecule has 0 unspecified atom stereocenters. The molecule has 8 heteroatoms. The van der Waals surface area contributed by atoms with Crippen molar-refractivity contribution in [1.82, 2.24) is 14.8 Å². The molecular formula is C24H25ClN4O2S. The number of carbonyl (C=O) groups excluding carboxylic acids is 2. The topological polar surface area (TPSA) is 68.1 Å². The van der Waals surface area contributed by atoms with E-state index in [9.17, 15) is 9.59 Å². The van der Waals surface area contributed by atoms with Gasteiger partial charge in [-0.1, -0.05) is 25.4 Å². The summed E-state index contributed by atoms with van der Waals surface area (Å²) in [5.74, 6) is 0.502. The van der Waals surface area contributed by atoms with Gasteiger partial charge in [0.2, 0.25) is 11.8 Å². The van der Waals surface area contributed by atoms with Crippen LogP contribution in [0.4, 0.5) is 5.82 Å². The number of thiophene rings is 1. The number of amides is 2. The Kier molecular flexibility index (Phi) is 5.63. The summed E-state index contributed by atoms with van der Waals surface area (Å²) >= 11 is 7.68. The molecule has 0 aliphatic heterocycles.